The fourth-order valence-corrected chi connectivity index (χ4v) is 7.25. The summed E-state index contributed by atoms with van der Waals surface area (Å²) in [5, 5.41) is 9.24. The van der Waals surface area contributed by atoms with Gasteiger partial charge in [-0.25, -0.2) is 0 Å². The van der Waals surface area contributed by atoms with Crippen LogP contribution in [0, 0.1) is 11.8 Å². The van der Waals surface area contributed by atoms with E-state index in [0.717, 1.165) is 50.9 Å². The molecule has 4 rings (SSSR count). The third-order valence-corrected chi connectivity index (χ3v) is 10.2. The highest BCUT2D eigenvalue weighted by Gasteiger charge is 2.37. The Labute approximate surface area is 275 Å². The summed E-state index contributed by atoms with van der Waals surface area (Å²) in [6, 6.07) is 9.48. The third kappa shape index (κ3) is 9.34. The molecule has 5 atom stereocenters. The molecule has 5 heteroatoms. The minimum atomic E-state index is 0.0542. The smallest absolute Gasteiger partial charge is 0.0691 e. The minimum Gasteiger partial charge on any atom is -0.405 e. The predicted molar refractivity (Wildman–Crippen MR) is 197 cm³/mol. The highest BCUT2D eigenvalue weighted by atomic mass is 15.2. The van der Waals surface area contributed by atoms with Crippen molar-refractivity contribution in [1.29, 1.82) is 0 Å². The molecule has 0 aliphatic carbocycles. The molecule has 1 aromatic carbocycles. The summed E-state index contributed by atoms with van der Waals surface area (Å²) in [5.74, 6) is 0.853. The van der Waals surface area contributed by atoms with Gasteiger partial charge in [0.2, 0.25) is 0 Å². The Morgan fingerprint density at radius 1 is 1.04 bits per heavy atom. The van der Waals surface area contributed by atoms with E-state index in [1.54, 1.807) is 0 Å². The van der Waals surface area contributed by atoms with Crippen LogP contribution < -0.4 is 16.4 Å². The summed E-state index contributed by atoms with van der Waals surface area (Å²) < 4.78 is 2.37. The first-order valence-electron chi connectivity index (χ1n) is 17.6. The fourth-order valence-electron chi connectivity index (χ4n) is 7.25. The van der Waals surface area contributed by atoms with Crippen LogP contribution >= 0.6 is 0 Å². The SMILES string of the molecule is C=C(CC)CCCCCC1C(=C)NC(Cc2cn(CC)c3ccccc23)C(=C)NC(C(C)CC)C(=C)N2CCCCC12.C=CN. The first kappa shape index (κ1) is 36.1. The summed E-state index contributed by atoms with van der Waals surface area (Å²) in [6.45, 7) is 32.7. The molecule has 248 valence electrons. The van der Waals surface area contributed by atoms with Gasteiger partial charge in [-0.3, -0.25) is 0 Å². The second-order valence-corrected chi connectivity index (χ2v) is 13.2. The number of hydrogen-bond donors (Lipinski definition) is 3. The van der Waals surface area contributed by atoms with Crippen LogP contribution in [0.4, 0.5) is 0 Å². The number of nitrogens with zero attached hydrogens (tertiary/aromatic N) is 2. The number of rotatable bonds is 12. The number of allylic oxidation sites excluding steroid dienone is 1. The van der Waals surface area contributed by atoms with Gasteiger partial charge in [0.15, 0.2) is 0 Å². The number of hydrogen-bond acceptors (Lipinski definition) is 4. The third-order valence-electron chi connectivity index (χ3n) is 10.2. The standard InChI is InChI=1S/C38H58N4.C2H5N/c1-9-27(4)19-13-12-14-20-33-29(6)39-35(25-32-26-41(11-3)36-22-16-15-21-34(32)36)30(7)40-38(28(5)10-2)31(8)42-24-18-17-23-37(33)42;1-2-3/h15-16,21-22,26,28,33,35,37-40H,4,6-14,17-20,23-25H2,1-3,5H3;2H,1,3H2. The summed E-state index contributed by atoms with van der Waals surface area (Å²) in [5.41, 5.74) is 12.1. The van der Waals surface area contributed by atoms with Crippen LogP contribution in [0.5, 0.6) is 0 Å². The molecule has 5 nitrogen and oxygen atoms in total. The normalized spacial score (nSPS) is 22.8. The predicted octanol–water partition coefficient (Wildman–Crippen LogP) is 9.20. The molecule has 0 bridgehead atoms. The van der Waals surface area contributed by atoms with E-state index in [-0.39, 0.29) is 12.1 Å². The van der Waals surface area contributed by atoms with E-state index in [1.807, 2.05) is 0 Å². The van der Waals surface area contributed by atoms with Gasteiger partial charge in [-0.05, 0) is 75.6 Å². The average molecular weight is 614 g/mol. The summed E-state index contributed by atoms with van der Waals surface area (Å²) in [7, 11) is 0. The second-order valence-electron chi connectivity index (χ2n) is 13.2. The van der Waals surface area contributed by atoms with Gasteiger partial charge in [-0.15, -0.1) is 0 Å². The van der Waals surface area contributed by atoms with Crippen molar-refractivity contribution in [2.75, 3.05) is 6.54 Å². The zero-order valence-electron chi connectivity index (χ0n) is 29.1. The Balaban J connectivity index is 0.00000177. The highest BCUT2D eigenvalue weighted by Crippen LogP contribution is 2.36. The van der Waals surface area contributed by atoms with Crippen molar-refractivity contribution in [3.63, 3.8) is 0 Å². The first-order chi connectivity index (χ1) is 21.7. The number of unbranched alkanes of at least 4 members (excludes halogenated alkanes) is 2. The van der Waals surface area contributed by atoms with E-state index in [4.69, 9.17) is 13.2 Å². The van der Waals surface area contributed by atoms with Crippen LogP contribution in [0.1, 0.15) is 97.5 Å². The van der Waals surface area contributed by atoms with Gasteiger partial charge in [0.1, 0.15) is 0 Å². The molecule has 0 amide bonds. The molecule has 2 aromatic rings. The maximum Gasteiger partial charge on any atom is 0.0691 e. The first-order valence-corrected chi connectivity index (χ1v) is 17.6. The van der Waals surface area contributed by atoms with E-state index in [0.29, 0.717) is 17.9 Å². The van der Waals surface area contributed by atoms with Crippen molar-refractivity contribution in [3.05, 3.63) is 97.8 Å². The monoisotopic (exact) mass is 614 g/mol. The molecule has 2 saturated heterocycles. The quantitative estimate of drug-likeness (QED) is 0.165. The Hall–Kier alpha value is -3.34. The van der Waals surface area contributed by atoms with Crippen molar-refractivity contribution in [3.8, 4) is 0 Å². The molecule has 2 fully saturated rings. The van der Waals surface area contributed by atoms with Crippen molar-refractivity contribution in [1.82, 2.24) is 20.1 Å². The van der Waals surface area contributed by atoms with E-state index in [1.165, 1.54) is 78.2 Å². The van der Waals surface area contributed by atoms with Crippen LogP contribution in [-0.2, 0) is 13.0 Å². The number of fused-ring (bicyclic) bond motifs is 2. The molecule has 2 aliphatic heterocycles. The lowest BCUT2D eigenvalue weighted by Gasteiger charge is -2.48. The Morgan fingerprint density at radius 3 is 2.47 bits per heavy atom. The summed E-state index contributed by atoms with van der Waals surface area (Å²) >= 11 is 0. The van der Waals surface area contributed by atoms with Crippen molar-refractivity contribution in [2.45, 2.75) is 123 Å². The second kappa shape index (κ2) is 18.0. The van der Waals surface area contributed by atoms with Gasteiger partial charge in [-0.1, -0.05) is 96.7 Å². The number of para-hydroxylation sites is 1. The average Bonchev–Trinajstić information content (AvgIpc) is 3.41. The Morgan fingerprint density at radius 2 is 1.78 bits per heavy atom. The van der Waals surface area contributed by atoms with Crippen LogP contribution in [0.25, 0.3) is 10.9 Å². The fraction of sp³-hybridized carbons (Fsp3) is 0.550. The zero-order chi connectivity index (χ0) is 32.9. The van der Waals surface area contributed by atoms with E-state index in [2.05, 4.69) is 104 Å². The topological polar surface area (TPSA) is 58.2 Å². The Kier molecular flexibility index (Phi) is 14.4. The van der Waals surface area contributed by atoms with Crippen LogP contribution in [-0.4, -0.2) is 34.1 Å². The molecule has 3 heterocycles. The molecular weight excluding hydrogens is 550 g/mol. The minimum absolute atomic E-state index is 0.0542. The maximum atomic E-state index is 4.78. The van der Waals surface area contributed by atoms with Crippen LogP contribution in [0.3, 0.4) is 0 Å². The van der Waals surface area contributed by atoms with Gasteiger partial charge in [0.25, 0.3) is 0 Å². The maximum absolute atomic E-state index is 4.78. The number of piperidine rings is 1. The van der Waals surface area contributed by atoms with Crippen molar-refractivity contribution >= 4 is 10.9 Å². The molecule has 4 N–H and O–H groups in total. The molecule has 2 aliphatic rings. The number of aryl methyl sites for hydroxylation is 1. The highest BCUT2D eigenvalue weighted by molar-refractivity contribution is 5.84. The number of aromatic nitrogens is 1. The van der Waals surface area contributed by atoms with Crippen molar-refractivity contribution in [2.24, 2.45) is 17.6 Å². The lowest BCUT2D eigenvalue weighted by atomic mass is 9.82. The number of nitrogens with two attached hydrogens (primary N) is 1. The summed E-state index contributed by atoms with van der Waals surface area (Å²) in [4.78, 5) is 2.66. The number of benzene rings is 1. The zero-order valence-corrected chi connectivity index (χ0v) is 29.1. The molecule has 0 saturated carbocycles. The lowest BCUT2D eigenvalue weighted by Crippen LogP contribution is -2.54. The van der Waals surface area contributed by atoms with E-state index >= 15 is 0 Å². The lowest BCUT2D eigenvalue weighted by molar-refractivity contribution is 0.122. The molecular formula is C40H63N5. The van der Waals surface area contributed by atoms with Gasteiger partial charge < -0.3 is 25.8 Å². The van der Waals surface area contributed by atoms with Crippen LogP contribution in [0.15, 0.2) is 92.2 Å². The van der Waals surface area contributed by atoms with E-state index in [9.17, 15) is 0 Å². The van der Waals surface area contributed by atoms with Crippen LogP contribution in [0.2, 0.25) is 0 Å². The molecule has 1 aromatic heterocycles. The van der Waals surface area contributed by atoms with Gasteiger partial charge in [0, 0.05) is 65.7 Å². The summed E-state index contributed by atoms with van der Waals surface area (Å²) in [6.07, 6.45) is 16.4. The van der Waals surface area contributed by atoms with E-state index < -0.39 is 0 Å². The largest absolute Gasteiger partial charge is 0.405 e. The van der Waals surface area contributed by atoms with Gasteiger partial charge >= 0.3 is 0 Å². The number of nitrogens with one attached hydrogen (secondary N) is 2. The Bertz CT molecular complexity index is 1280. The molecule has 45 heavy (non-hydrogen) atoms. The molecule has 0 radical (unpaired) electrons. The van der Waals surface area contributed by atoms with Gasteiger partial charge in [0.05, 0.1) is 12.1 Å². The molecule has 5 unspecified atom stereocenters. The van der Waals surface area contributed by atoms with Gasteiger partial charge in [-0.2, -0.15) is 0 Å². The van der Waals surface area contributed by atoms with Crippen molar-refractivity contribution < 1.29 is 0 Å². The molecule has 0 spiro atoms.